The first-order valence-corrected chi connectivity index (χ1v) is 6.90. The van der Waals surface area contributed by atoms with Crippen molar-refractivity contribution in [2.24, 2.45) is 13.0 Å². The Balaban J connectivity index is 2.22. The summed E-state index contributed by atoms with van der Waals surface area (Å²) in [6, 6.07) is 0. The molecule has 1 fully saturated rings. The minimum Gasteiger partial charge on any atom is -0.384 e. The summed E-state index contributed by atoms with van der Waals surface area (Å²) in [7, 11) is 2.07. The van der Waals surface area contributed by atoms with Gasteiger partial charge in [0.05, 0.1) is 5.69 Å². The van der Waals surface area contributed by atoms with Crippen molar-refractivity contribution in [3.05, 3.63) is 11.5 Å². The largest absolute Gasteiger partial charge is 0.384 e. The monoisotopic (exact) mass is 235 g/mol. The van der Waals surface area contributed by atoms with Gasteiger partial charge in [0, 0.05) is 13.0 Å². The van der Waals surface area contributed by atoms with Crippen LogP contribution in [0.25, 0.3) is 0 Å². The van der Waals surface area contributed by atoms with Gasteiger partial charge in [-0.1, -0.05) is 33.1 Å². The molecule has 1 aromatic rings. The number of aromatic nitrogens is 2. The minimum absolute atomic E-state index is 0.617. The highest BCUT2D eigenvalue weighted by atomic mass is 15.1. The molecule has 0 spiro atoms. The number of hydrogen-bond acceptors (Lipinski definition) is 2. The summed E-state index contributed by atoms with van der Waals surface area (Å²) >= 11 is 0. The zero-order chi connectivity index (χ0) is 12.4. The average Bonchev–Trinajstić information content (AvgIpc) is 2.58. The predicted octanol–water partition coefficient (Wildman–Crippen LogP) is 3.25. The molecule has 96 valence electrons. The third-order valence-corrected chi connectivity index (χ3v) is 3.82. The highest BCUT2D eigenvalue weighted by Crippen LogP contribution is 2.33. The van der Waals surface area contributed by atoms with Gasteiger partial charge in [0.2, 0.25) is 0 Å². The van der Waals surface area contributed by atoms with E-state index in [4.69, 9.17) is 10.7 Å². The number of nitrogen functional groups attached to an aromatic ring is 1. The van der Waals surface area contributed by atoms with Crippen molar-refractivity contribution in [2.45, 2.75) is 58.3 Å². The van der Waals surface area contributed by atoms with Crippen molar-refractivity contribution in [1.29, 1.82) is 0 Å². The number of rotatable bonds is 3. The smallest absolute Gasteiger partial charge is 0.126 e. The lowest BCUT2D eigenvalue weighted by atomic mass is 9.89. The van der Waals surface area contributed by atoms with Crippen LogP contribution in [-0.2, 0) is 13.5 Å². The van der Waals surface area contributed by atoms with Crippen LogP contribution in [0.15, 0.2) is 0 Å². The molecule has 1 aliphatic rings. The zero-order valence-corrected chi connectivity index (χ0v) is 11.4. The summed E-state index contributed by atoms with van der Waals surface area (Å²) in [5.74, 6) is 3.35. The number of hydrogen-bond donors (Lipinski definition) is 1. The van der Waals surface area contributed by atoms with E-state index in [0.717, 1.165) is 17.9 Å². The Morgan fingerprint density at radius 2 is 1.94 bits per heavy atom. The van der Waals surface area contributed by atoms with Gasteiger partial charge in [-0.3, -0.25) is 0 Å². The Morgan fingerprint density at radius 3 is 2.53 bits per heavy atom. The SMILES string of the molecule is CC(C)Cc1nc(C2CCCCC2)n(C)c1N. The molecule has 17 heavy (non-hydrogen) atoms. The average molecular weight is 235 g/mol. The summed E-state index contributed by atoms with van der Waals surface area (Å²) in [5.41, 5.74) is 7.26. The molecule has 0 aromatic carbocycles. The van der Waals surface area contributed by atoms with Crippen LogP contribution in [-0.4, -0.2) is 9.55 Å². The first-order chi connectivity index (χ1) is 8.09. The fraction of sp³-hybridized carbons (Fsp3) is 0.786. The van der Waals surface area contributed by atoms with E-state index >= 15 is 0 Å². The van der Waals surface area contributed by atoms with E-state index in [1.165, 1.54) is 37.9 Å². The quantitative estimate of drug-likeness (QED) is 0.874. The summed E-state index contributed by atoms with van der Waals surface area (Å²) in [6.45, 7) is 4.43. The van der Waals surface area contributed by atoms with Gasteiger partial charge >= 0.3 is 0 Å². The van der Waals surface area contributed by atoms with E-state index < -0.39 is 0 Å². The fourth-order valence-electron chi connectivity index (χ4n) is 2.85. The summed E-state index contributed by atoms with van der Waals surface area (Å²) in [5, 5.41) is 0. The summed E-state index contributed by atoms with van der Waals surface area (Å²) in [6.07, 6.45) is 7.63. The van der Waals surface area contributed by atoms with Crippen molar-refractivity contribution >= 4 is 5.82 Å². The van der Waals surface area contributed by atoms with Crippen molar-refractivity contribution < 1.29 is 0 Å². The van der Waals surface area contributed by atoms with Crippen LogP contribution in [0.3, 0.4) is 0 Å². The lowest BCUT2D eigenvalue weighted by Gasteiger charge is -2.21. The van der Waals surface area contributed by atoms with Crippen LogP contribution in [0.4, 0.5) is 5.82 Å². The Morgan fingerprint density at radius 1 is 1.29 bits per heavy atom. The maximum absolute atomic E-state index is 6.16. The lowest BCUT2D eigenvalue weighted by molar-refractivity contribution is 0.421. The molecule has 0 aliphatic heterocycles. The van der Waals surface area contributed by atoms with Gasteiger partial charge in [-0.25, -0.2) is 4.98 Å². The van der Waals surface area contributed by atoms with Gasteiger partial charge in [0.15, 0.2) is 0 Å². The second-order valence-electron chi connectivity index (χ2n) is 5.79. The van der Waals surface area contributed by atoms with Gasteiger partial charge in [-0.2, -0.15) is 0 Å². The standard InChI is InChI=1S/C14H25N3/c1-10(2)9-12-13(15)17(3)14(16-12)11-7-5-4-6-8-11/h10-11H,4-9,15H2,1-3H3. The van der Waals surface area contributed by atoms with Gasteiger partial charge in [0.1, 0.15) is 11.6 Å². The zero-order valence-electron chi connectivity index (χ0n) is 11.4. The second-order valence-corrected chi connectivity index (χ2v) is 5.79. The normalized spacial score (nSPS) is 17.9. The third-order valence-electron chi connectivity index (χ3n) is 3.82. The Kier molecular flexibility index (Phi) is 3.75. The Hall–Kier alpha value is -0.990. The summed E-state index contributed by atoms with van der Waals surface area (Å²) in [4.78, 5) is 4.81. The Bertz CT molecular complexity index is 373. The van der Waals surface area contributed by atoms with Crippen molar-refractivity contribution in [3.8, 4) is 0 Å². The fourth-order valence-corrected chi connectivity index (χ4v) is 2.85. The molecule has 0 radical (unpaired) electrons. The number of nitrogens with two attached hydrogens (primary N) is 1. The molecule has 3 nitrogen and oxygen atoms in total. The van der Waals surface area contributed by atoms with Gasteiger partial charge < -0.3 is 10.3 Å². The number of nitrogens with zero attached hydrogens (tertiary/aromatic N) is 2. The van der Waals surface area contributed by atoms with Gasteiger partial charge in [-0.15, -0.1) is 0 Å². The highest BCUT2D eigenvalue weighted by Gasteiger charge is 2.22. The molecule has 0 bridgehead atoms. The molecule has 0 atom stereocenters. The highest BCUT2D eigenvalue weighted by molar-refractivity contribution is 5.39. The molecule has 0 unspecified atom stereocenters. The van der Waals surface area contributed by atoms with Crippen LogP contribution in [0.5, 0.6) is 0 Å². The van der Waals surface area contributed by atoms with E-state index in [0.29, 0.717) is 11.8 Å². The minimum atomic E-state index is 0.617. The lowest BCUT2D eigenvalue weighted by Crippen LogP contribution is -2.11. The van der Waals surface area contributed by atoms with Crippen LogP contribution >= 0.6 is 0 Å². The molecule has 0 saturated heterocycles. The van der Waals surface area contributed by atoms with Crippen molar-refractivity contribution in [3.63, 3.8) is 0 Å². The maximum Gasteiger partial charge on any atom is 0.126 e. The molecule has 2 N–H and O–H groups in total. The van der Waals surface area contributed by atoms with E-state index in [9.17, 15) is 0 Å². The number of imidazole rings is 1. The van der Waals surface area contributed by atoms with Crippen molar-refractivity contribution in [1.82, 2.24) is 9.55 Å². The van der Waals surface area contributed by atoms with Crippen LogP contribution in [0, 0.1) is 5.92 Å². The maximum atomic E-state index is 6.16. The second kappa shape index (κ2) is 5.11. The van der Waals surface area contributed by atoms with E-state index in [-0.39, 0.29) is 0 Å². The van der Waals surface area contributed by atoms with Crippen LogP contribution in [0.2, 0.25) is 0 Å². The molecule has 2 rings (SSSR count). The third kappa shape index (κ3) is 2.64. The summed E-state index contributed by atoms with van der Waals surface area (Å²) < 4.78 is 2.12. The Labute approximate surface area is 104 Å². The molecular formula is C14H25N3. The van der Waals surface area contributed by atoms with E-state index in [1.54, 1.807) is 0 Å². The molecule has 1 heterocycles. The van der Waals surface area contributed by atoms with E-state index in [1.807, 2.05) is 0 Å². The molecule has 1 saturated carbocycles. The van der Waals surface area contributed by atoms with Gasteiger partial charge in [-0.05, 0) is 25.2 Å². The van der Waals surface area contributed by atoms with Crippen molar-refractivity contribution in [2.75, 3.05) is 5.73 Å². The van der Waals surface area contributed by atoms with Crippen LogP contribution < -0.4 is 5.73 Å². The number of anilines is 1. The molecule has 1 aliphatic carbocycles. The van der Waals surface area contributed by atoms with Crippen LogP contribution in [0.1, 0.15) is 63.4 Å². The van der Waals surface area contributed by atoms with Gasteiger partial charge in [0.25, 0.3) is 0 Å². The molecule has 1 aromatic heterocycles. The predicted molar refractivity (Wildman–Crippen MR) is 72.0 cm³/mol. The van der Waals surface area contributed by atoms with E-state index in [2.05, 4.69) is 25.5 Å². The topological polar surface area (TPSA) is 43.8 Å². The first kappa shape index (κ1) is 12.5. The molecule has 0 amide bonds. The molecular weight excluding hydrogens is 210 g/mol. The molecule has 3 heteroatoms. The first-order valence-electron chi connectivity index (χ1n) is 6.90.